The Balaban J connectivity index is 1.39. The number of rotatable bonds is 2. The average molecular weight is 221 g/mol. The summed E-state index contributed by atoms with van der Waals surface area (Å²) in [7, 11) is 0. The smallest absolute Gasteiger partial charge is 0.0693 e. The second kappa shape index (κ2) is 3.46. The molecule has 4 fully saturated rings. The molecule has 0 aromatic heterocycles. The maximum atomic E-state index is 9.99. The molecular weight excluding hydrogens is 198 g/mol. The predicted molar refractivity (Wildman–Crippen MR) is 63.0 cm³/mol. The first-order chi connectivity index (χ1) is 7.84. The first-order valence-corrected chi connectivity index (χ1v) is 7.29. The summed E-state index contributed by atoms with van der Waals surface area (Å²) in [5, 5.41) is 13.8. The summed E-state index contributed by atoms with van der Waals surface area (Å²) in [5.74, 6) is 4.11. The molecule has 4 saturated carbocycles. The molecular formula is C14H23NO. The summed E-state index contributed by atoms with van der Waals surface area (Å²) < 4.78 is 0. The predicted octanol–water partition coefficient (Wildman–Crippen LogP) is 1.92. The molecule has 0 saturated heterocycles. The van der Waals surface area contributed by atoms with Crippen LogP contribution in [0.1, 0.15) is 44.9 Å². The van der Waals surface area contributed by atoms with Crippen LogP contribution in [0.2, 0.25) is 0 Å². The van der Waals surface area contributed by atoms with Crippen molar-refractivity contribution in [2.24, 2.45) is 23.7 Å². The second-order valence-electron chi connectivity index (χ2n) is 6.64. The third-order valence-electron chi connectivity index (χ3n) is 5.87. The van der Waals surface area contributed by atoms with Crippen LogP contribution >= 0.6 is 0 Å². The van der Waals surface area contributed by atoms with E-state index in [1.165, 1.54) is 38.5 Å². The Hall–Kier alpha value is -0.0800. The first kappa shape index (κ1) is 9.90. The molecule has 0 aromatic rings. The summed E-state index contributed by atoms with van der Waals surface area (Å²) in [4.78, 5) is 0. The van der Waals surface area contributed by atoms with Crippen LogP contribution in [0.3, 0.4) is 0 Å². The van der Waals surface area contributed by atoms with Crippen LogP contribution < -0.4 is 5.32 Å². The molecule has 0 aromatic carbocycles. The molecule has 2 bridgehead atoms. The molecule has 90 valence electrons. The highest BCUT2D eigenvalue weighted by Crippen LogP contribution is 2.65. The quantitative estimate of drug-likeness (QED) is 0.746. The normalized spacial score (nSPS) is 58.7. The van der Waals surface area contributed by atoms with E-state index in [9.17, 15) is 5.11 Å². The topological polar surface area (TPSA) is 32.3 Å². The summed E-state index contributed by atoms with van der Waals surface area (Å²) >= 11 is 0. The molecule has 4 aliphatic carbocycles. The molecule has 0 heterocycles. The zero-order valence-corrected chi connectivity index (χ0v) is 9.94. The molecule has 0 aliphatic heterocycles. The van der Waals surface area contributed by atoms with Gasteiger partial charge in [0.25, 0.3) is 0 Å². The first-order valence-electron chi connectivity index (χ1n) is 7.29. The average Bonchev–Trinajstić information content (AvgIpc) is 2.71. The van der Waals surface area contributed by atoms with E-state index in [4.69, 9.17) is 0 Å². The van der Waals surface area contributed by atoms with Gasteiger partial charge in [-0.05, 0) is 55.8 Å². The lowest BCUT2D eigenvalue weighted by Gasteiger charge is -2.29. The maximum Gasteiger partial charge on any atom is 0.0693 e. The Kier molecular flexibility index (Phi) is 2.14. The molecule has 0 radical (unpaired) electrons. The van der Waals surface area contributed by atoms with Gasteiger partial charge in [-0.2, -0.15) is 0 Å². The lowest BCUT2D eigenvalue weighted by Crippen LogP contribution is -2.44. The van der Waals surface area contributed by atoms with E-state index in [0.717, 1.165) is 36.1 Å². The minimum absolute atomic E-state index is 0.0623. The molecule has 6 unspecified atom stereocenters. The van der Waals surface area contributed by atoms with Gasteiger partial charge in [-0.25, -0.2) is 0 Å². The Morgan fingerprint density at radius 1 is 0.875 bits per heavy atom. The van der Waals surface area contributed by atoms with Crippen LogP contribution in [-0.4, -0.2) is 23.3 Å². The van der Waals surface area contributed by atoms with E-state index in [1.54, 1.807) is 0 Å². The molecule has 16 heavy (non-hydrogen) atoms. The third-order valence-corrected chi connectivity index (χ3v) is 5.87. The molecule has 4 rings (SSSR count). The number of aliphatic hydroxyl groups is 1. The van der Waals surface area contributed by atoms with E-state index in [2.05, 4.69) is 5.32 Å². The van der Waals surface area contributed by atoms with Crippen molar-refractivity contribution in [1.82, 2.24) is 5.32 Å². The molecule has 2 N–H and O–H groups in total. The van der Waals surface area contributed by atoms with Crippen molar-refractivity contribution < 1.29 is 5.11 Å². The molecule has 0 amide bonds. The molecule has 2 heteroatoms. The monoisotopic (exact) mass is 221 g/mol. The molecule has 2 nitrogen and oxygen atoms in total. The number of hydrogen-bond acceptors (Lipinski definition) is 2. The van der Waals surface area contributed by atoms with Gasteiger partial charge in [-0.15, -0.1) is 0 Å². The van der Waals surface area contributed by atoms with E-state index in [1.807, 2.05) is 0 Å². The van der Waals surface area contributed by atoms with Gasteiger partial charge in [-0.3, -0.25) is 0 Å². The van der Waals surface area contributed by atoms with Crippen molar-refractivity contribution in [3.05, 3.63) is 0 Å². The minimum Gasteiger partial charge on any atom is -0.392 e. The second-order valence-corrected chi connectivity index (χ2v) is 6.64. The fourth-order valence-electron chi connectivity index (χ4n) is 5.10. The Labute approximate surface area is 97.8 Å². The van der Waals surface area contributed by atoms with Crippen LogP contribution in [-0.2, 0) is 0 Å². The van der Waals surface area contributed by atoms with Crippen molar-refractivity contribution in [2.45, 2.75) is 63.1 Å². The number of aliphatic hydroxyl groups excluding tert-OH is 1. The zero-order valence-electron chi connectivity index (χ0n) is 9.94. The van der Waals surface area contributed by atoms with E-state index >= 15 is 0 Å². The van der Waals surface area contributed by atoms with Gasteiger partial charge >= 0.3 is 0 Å². The summed E-state index contributed by atoms with van der Waals surface area (Å²) in [6.07, 6.45) is 9.22. The van der Waals surface area contributed by atoms with Gasteiger partial charge in [0.05, 0.1) is 6.10 Å². The van der Waals surface area contributed by atoms with Gasteiger partial charge in [0.1, 0.15) is 0 Å². The summed E-state index contributed by atoms with van der Waals surface area (Å²) in [5.41, 5.74) is 0. The summed E-state index contributed by atoms with van der Waals surface area (Å²) in [6, 6.07) is 1.22. The Morgan fingerprint density at radius 3 is 2.25 bits per heavy atom. The van der Waals surface area contributed by atoms with Crippen LogP contribution in [0.15, 0.2) is 0 Å². The largest absolute Gasteiger partial charge is 0.392 e. The molecule has 4 aliphatic rings. The van der Waals surface area contributed by atoms with E-state index in [0.29, 0.717) is 6.04 Å². The zero-order chi connectivity index (χ0) is 10.7. The van der Waals surface area contributed by atoms with E-state index in [-0.39, 0.29) is 6.10 Å². The Morgan fingerprint density at radius 2 is 1.56 bits per heavy atom. The SMILES string of the molecule is OC1CCCCC1NC1C2C3CCC(C3)C12. The minimum atomic E-state index is -0.0623. The third kappa shape index (κ3) is 1.32. The lowest BCUT2D eigenvalue weighted by molar-refractivity contribution is 0.0876. The van der Waals surface area contributed by atoms with E-state index < -0.39 is 0 Å². The van der Waals surface area contributed by atoms with Crippen LogP contribution in [0.4, 0.5) is 0 Å². The van der Waals surface area contributed by atoms with Crippen LogP contribution in [0, 0.1) is 23.7 Å². The lowest BCUT2D eigenvalue weighted by atomic mass is 9.92. The highest BCUT2D eigenvalue weighted by atomic mass is 16.3. The van der Waals surface area contributed by atoms with Gasteiger partial charge < -0.3 is 10.4 Å². The van der Waals surface area contributed by atoms with Crippen molar-refractivity contribution in [3.63, 3.8) is 0 Å². The Bertz CT molecular complexity index is 276. The number of fused-ring (bicyclic) bond motifs is 5. The van der Waals surface area contributed by atoms with Crippen molar-refractivity contribution >= 4 is 0 Å². The summed E-state index contributed by atoms with van der Waals surface area (Å²) in [6.45, 7) is 0. The fraction of sp³-hybridized carbons (Fsp3) is 1.00. The van der Waals surface area contributed by atoms with Crippen LogP contribution in [0.5, 0.6) is 0 Å². The van der Waals surface area contributed by atoms with Gasteiger partial charge in [0, 0.05) is 12.1 Å². The highest BCUT2D eigenvalue weighted by molar-refractivity contribution is 5.17. The standard InChI is InChI=1S/C14H23NO/c16-11-4-2-1-3-10(11)15-14-12-8-5-6-9(7-8)13(12)14/h8-16H,1-7H2. The van der Waals surface area contributed by atoms with Crippen molar-refractivity contribution in [3.8, 4) is 0 Å². The van der Waals surface area contributed by atoms with Crippen molar-refractivity contribution in [2.75, 3.05) is 0 Å². The van der Waals surface area contributed by atoms with Gasteiger partial charge in [0.2, 0.25) is 0 Å². The number of hydrogen-bond donors (Lipinski definition) is 2. The maximum absolute atomic E-state index is 9.99. The highest BCUT2D eigenvalue weighted by Gasteiger charge is 2.65. The fourth-order valence-corrected chi connectivity index (χ4v) is 5.10. The van der Waals surface area contributed by atoms with Gasteiger partial charge in [-0.1, -0.05) is 12.8 Å². The van der Waals surface area contributed by atoms with Crippen LogP contribution in [0.25, 0.3) is 0 Å². The number of nitrogens with one attached hydrogen (secondary N) is 1. The van der Waals surface area contributed by atoms with Crippen molar-refractivity contribution in [1.29, 1.82) is 0 Å². The van der Waals surface area contributed by atoms with Gasteiger partial charge in [0.15, 0.2) is 0 Å². The molecule has 0 spiro atoms. The molecule has 6 atom stereocenters.